The van der Waals surface area contributed by atoms with Crippen LogP contribution in [-0.4, -0.2) is 50.8 Å². The quantitative estimate of drug-likeness (QED) is 0.677. The predicted octanol–water partition coefficient (Wildman–Crippen LogP) is 2.35. The highest BCUT2D eigenvalue weighted by Gasteiger charge is 2.67. The van der Waals surface area contributed by atoms with Gasteiger partial charge in [0.15, 0.2) is 0 Å². The number of anilines is 1. The molecule has 1 spiro atoms. The number of methoxy groups -OCH3 is 2. The summed E-state index contributed by atoms with van der Waals surface area (Å²) in [6, 6.07) is 15.1. The molecule has 2 amide bonds. The fraction of sp³-hybridized carbons (Fsp3) is 0.360. The van der Waals surface area contributed by atoms with E-state index in [1.807, 2.05) is 60.7 Å². The molecule has 0 aromatic heterocycles. The Morgan fingerprint density at radius 1 is 1.09 bits per heavy atom. The molecule has 166 valence electrons. The van der Waals surface area contributed by atoms with E-state index < -0.39 is 17.4 Å². The Morgan fingerprint density at radius 3 is 2.41 bits per heavy atom. The van der Waals surface area contributed by atoms with Crippen molar-refractivity contribution in [1.82, 2.24) is 5.32 Å². The minimum Gasteiger partial charge on any atom is -0.497 e. The summed E-state index contributed by atoms with van der Waals surface area (Å²) in [6.07, 6.45) is 4.23. The van der Waals surface area contributed by atoms with Gasteiger partial charge in [0, 0.05) is 12.2 Å². The molecule has 3 aliphatic rings. The maximum absolute atomic E-state index is 13.4. The molecule has 2 aromatic rings. The lowest BCUT2D eigenvalue weighted by atomic mass is 9.77. The minimum atomic E-state index is -0.736. The molecule has 5 rings (SSSR count). The molecule has 2 saturated heterocycles. The summed E-state index contributed by atoms with van der Waals surface area (Å²) in [7, 11) is 3.24. The van der Waals surface area contributed by atoms with Gasteiger partial charge in [0.05, 0.1) is 38.7 Å². The Hall–Kier alpha value is -3.32. The molecule has 2 fully saturated rings. The maximum Gasteiger partial charge on any atom is 0.234 e. The number of carbonyl (C=O) groups excluding carboxylic acids is 2. The molecule has 0 radical (unpaired) electrons. The van der Waals surface area contributed by atoms with Crippen molar-refractivity contribution in [2.24, 2.45) is 11.8 Å². The molecular formula is C25H26N2O5. The Kier molecular flexibility index (Phi) is 5.13. The smallest absolute Gasteiger partial charge is 0.234 e. The lowest BCUT2D eigenvalue weighted by molar-refractivity contribution is -0.131. The third-order valence-corrected chi connectivity index (χ3v) is 6.66. The van der Waals surface area contributed by atoms with Crippen LogP contribution in [-0.2, 0) is 20.7 Å². The van der Waals surface area contributed by atoms with Crippen LogP contribution in [0.3, 0.4) is 0 Å². The van der Waals surface area contributed by atoms with E-state index in [1.54, 1.807) is 19.1 Å². The van der Waals surface area contributed by atoms with Crippen LogP contribution in [0.2, 0.25) is 0 Å². The molecular weight excluding hydrogens is 408 g/mol. The van der Waals surface area contributed by atoms with Crippen LogP contribution in [0.25, 0.3) is 0 Å². The van der Waals surface area contributed by atoms with Crippen molar-refractivity contribution in [3.8, 4) is 11.5 Å². The lowest BCUT2D eigenvalue weighted by Crippen LogP contribution is -2.44. The van der Waals surface area contributed by atoms with Gasteiger partial charge < -0.3 is 24.4 Å². The second-order valence-corrected chi connectivity index (χ2v) is 8.41. The minimum absolute atomic E-state index is 0.0719. The largest absolute Gasteiger partial charge is 0.497 e. The summed E-state index contributed by atoms with van der Waals surface area (Å²) in [5.41, 5.74) is 1.15. The fourth-order valence-electron chi connectivity index (χ4n) is 5.02. The first-order valence-corrected chi connectivity index (χ1v) is 10.8. The molecule has 2 bridgehead atoms. The number of ether oxygens (including phenoxy) is 3. The first-order valence-electron chi connectivity index (χ1n) is 10.8. The average molecular weight is 434 g/mol. The van der Waals surface area contributed by atoms with Gasteiger partial charge in [-0.15, -0.1) is 0 Å². The highest BCUT2D eigenvalue weighted by atomic mass is 16.5. The van der Waals surface area contributed by atoms with E-state index in [1.165, 1.54) is 0 Å². The lowest BCUT2D eigenvalue weighted by Gasteiger charge is -2.23. The van der Waals surface area contributed by atoms with Crippen molar-refractivity contribution in [2.75, 3.05) is 32.2 Å². The summed E-state index contributed by atoms with van der Waals surface area (Å²) in [5.74, 6) is 0.286. The summed E-state index contributed by atoms with van der Waals surface area (Å²) in [5, 5.41) is 3.01. The van der Waals surface area contributed by atoms with Gasteiger partial charge in [-0.2, -0.15) is 0 Å². The van der Waals surface area contributed by atoms with Crippen LogP contribution < -0.4 is 19.7 Å². The van der Waals surface area contributed by atoms with E-state index in [-0.39, 0.29) is 17.9 Å². The van der Waals surface area contributed by atoms with Crippen LogP contribution >= 0.6 is 0 Å². The van der Waals surface area contributed by atoms with Crippen molar-refractivity contribution in [2.45, 2.75) is 18.1 Å². The third-order valence-electron chi connectivity index (χ3n) is 6.66. The van der Waals surface area contributed by atoms with Crippen LogP contribution in [0.1, 0.15) is 5.56 Å². The highest BCUT2D eigenvalue weighted by Crippen LogP contribution is 2.52. The highest BCUT2D eigenvalue weighted by molar-refractivity contribution is 6.03. The topological polar surface area (TPSA) is 77.1 Å². The van der Waals surface area contributed by atoms with Crippen LogP contribution in [0.5, 0.6) is 11.5 Å². The number of rotatable bonds is 7. The molecule has 2 aromatic carbocycles. The Morgan fingerprint density at radius 2 is 1.75 bits per heavy atom. The molecule has 1 N–H and O–H groups in total. The molecule has 7 heteroatoms. The summed E-state index contributed by atoms with van der Waals surface area (Å²) >= 11 is 0. The zero-order valence-electron chi connectivity index (χ0n) is 18.1. The van der Waals surface area contributed by atoms with E-state index in [0.717, 1.165) is 22.7 Å². The summed E-state index contributed by atoms with van der Waals surface area (Å²) in [6.45, 7) is 0.902. The number of hydrogen-bond acceptors (Lipinski definition) is 5. The van der Waals surface area contributed by atoms with Crippen molar-refractivity contribution in [1.29, 1.82) is 0 Å². The summed E-state index contributed by atoms with van der Waals surface area (Å²) in [4.78, 5) is 28.2. The van der Waals surface area contributed by atoms with Gasteiger partial charge in [-0.3, -0.25) is 9.59 Å². The SMILES string of the molecule is COc1ccc(CCNC(=O)C2C3C=CC4(CN(c5ccc(OC)cc5)C(=O)C24)O3)cc1. The van der Waals surface area contributed by atoms with Crippen molar-refractivity contribution in [3.05, 3.63) is 66.2 Å². The van der Waals surface area contributed by atoms with E-state index in [0.29, 0.717) is 19.5 Å². The van der Waals surface area contributed by atoms with E-state index in [2.05, 4.69) is 5.32 Å². The second kappa shape index (κ2) is 7.98. The zero-order chi connectivity index (χ0) is 22.3. The average Bonchev–Trinajstić information content (AvgIpc) is 3.48. The summed E-state index contributed by atoms with van der Waals surface area (Å²) < 4.78 is 16.6. The molecule has 0 aliphatic carbocycles. The molecule has 3 heterocycles. The van der Waals surface area contributed by atoms with Gasteiger partial charge in [-0.05, 0) is 48.4 Å². The third kappa shape index (κ3) is 3.33. The molecule has 32 heavy (non-hydrogen) atoms. The van der Waals surface area contributed by atoms with Gasteiger partial charge in [0.2, 0.25) is 11.8 Å². The normalized spacial score (nSPS) is 27.5. The van der Waals surface area contributed by atoms with Crippen molar-refractivity contribution >= 4 is 17.5 Å². The van der Waals surface area contributed by atoms with Gasteiger partial charge >= 0.3 is 0 Å². The molecule has 4 unspecified atom stereocenters. The molecule has 4 atom stereocenters. The number of nitrogens with zero attached hydrogens (tertiary/aromatic N) is 1. The number of hydrogen-bond donors (Lipinski definition) is 1. The Bertz CT molecular complexity index is 1050. The first-order chi connectivity index (χ1) is 15.5. The number of carbonyl (C=O) groups is 2. The van der Waals surface area contributed by atoms with Crippen molar-refractivity contribution in [3.63, 3.8) is 0 Å². The number of benzene rings is 2. The fourth-order valence-corrected chi connectivity index (χ4v) is 5.02. The maximum atomic E-state index is 13.4. The number of amides is 2. The van der Waals surface area contributed by atoms with Crippen molar-refractivity contribution < 1.29 is 23.8 Å². The van der Waals surface area contributed by atoms with Gasteiger partial charge in [0.1, 0.15) is 17.1 Å². The molecule has 7 nitrogen and oxygen atoms in total. The van der Waals surface area contributed by atoms with E-state index in [4.69, 9.17) is 14.2 Å². The van der Waals surface area contributed by atoms with Gasteiger partial charge in [0.25, 0.3) is 0 Å². The van der Waals surface area contributed by atoms with Crippen LogP contribution in [0.15, 0.2) is 60.7 Å². The van der Waals surface area contributed by atoms with Crippen LogP contribution in [0.4, 0.5) is 5.69 Å². The predicted molar refractivity (Wildman–Crippen MR) is 119 cm³/mol. The Labute approximate surface area is 186 Å². The molecule has 0 saturated carbocycles. The van der Waals surface area contributed by atoms with E-state index in [9.17, 15) is 9.59 Å². The number of fused-ring (bicyclic) bond motifs is 1. The van der Waals surface area contributed by atoms with Gasteiger partial charge in [-0.1, -0.05) is 24.3 Å². The number of nitrogens with one attached hydrogen (secondary N) is 1. The molecule has 3 aliphatic heterocycles. The van der Waals surface area contributed by atoms with E-state index >= 15 is 0 Å². The first kappa shape index (κ1) is 20.6. The van der Waals surface area contributed by atoms with Gasteiger partial charge in [-0.25, -0.2) is 0 Å². The zero-order valence-corrected chi connectivity index (χ0v) is 18.1. The van der Waals surface area contributed by atoms with Crippen LogP contribution in [0, 0.1) is 11.8 Å². The Balaban J connectivity index is 1.27. The monoisotopic (exact) mass is 434 g/mol. The standard InChI is InChI=1S/C25H26N2O5/c1-30-18-7-3-16(4-8-18)12-14-26-23(28)21-20-11-13-25(32-20)15-27(24(29)22(21)25)17-5-9-19(31-2)10-6-17/h3-11,13,20-22H,12,14-15H2,1-2H3,(H,26,28). The second-order valence-electron chi connectivity index (χ2n) is 8.41.